The fraction of sp³-hybridized carbons (Fsp3) is 0.857. The Morgan fingerprint density at radius 1 is 1.37 bits per heavy atom. The molecule has 1 aliphatic heterocycles. The molecule has 1 fully saturated rings. The molecule has 1 heterocycles. The number of hydrogen-bond acceptors (Lipinski definition) is 2. The van der Waals surface area contributed by atoms with Crippen LogP contribution in [0.1, 0.15) is 52.9 Å². The summed E-state index contributed by atoms with van der Waals surface area (Å²) in [7, 11) is 0. The summed E-state index contributed by atoms with van der Waals surface area (Å²) in [5.41, 5.74) is 0. The van der Waals surface area contributed by atoms with Gasteiger partial charge in [-0.25, -0.2) is 9.59 Å². The molecule has 0 radical (unpaired) electrons. The second-order valence-corrected chi connectivity index (χ2v) is 5.54. The van der Waals surface area contributed by atoms with E-state index < -0.39 is 12.0 Å². The molecule has 0 aliphatic carbocycles. The van der Waals surface area contributed by atoms with E-state index in [1.54, 1.807) is 4.90 Å². The predicted molar refractivity (Wildman–Crippen MR) is 74.0 cm³/mol. The van der Waals surface area contributed by atoms with Crippen LogP contribution in [0.2, 0.25) is 0 Å². The van der Waals surface area contributed by atoms with Crippen molar-refractivity contribution in [1.29, 1.82) is 0 Å². The van der Waals surface area contributed by atoms with Gasteiger partial charge in [-0.05, 0) is 25.7 Å². The van der Waals surface area contributed by atoms with Crippen LogP contribution in [0.25, 0.3) is 0 Å². The fourth-order valence-corrected chi connectivity index (χ4v) is 2.48. The summed E-state index contributed by atoms with van der Waals surface area (Å²) >= 11 is 0. The molecule has 5 heteroatoms. The van der Waals surface area contributed by atoms with E-state index >= 15 is 0 Å². The van der Waals surface area contributed by atoms with Crippen molar-refractivity contribution < 1.29 is 14.7 Å². The highest BCUT2D eigenvalue weighted by Crippen LogP contribution is 2.17. The lowest BCUT2D eigenvalue weighted by atomic mass is 9.99. The molecule has 1 aliphatic rings. The first-order valence-corrected chi connectivity index (χ1v) is 7.27. The van der Waals surface area contributed by atoms with Gasteiger partial charge in [-0.1, -0.05) is 33.1 Å². The van der Waals surface area contributed by atoms with Gasteiger partial charge < -0.3 is 15.3 Å². The number of nitrogens with one attached hydrogen (secondary N) is 1. The smallest absolute Gasteiger partial charge is 0.326 e. The minimum Gasteiger partial charge on any atom is -0.480 e. The van der Waals surface area contributed by atoms with Crippen LogP contribution in [0.3, 0.4) is 0 Å². The van der Waals surface area contributed by atoms with Gasteiger partial charge in [0, 0.05) is 12.6 Å². The maximum atomic E-state index is 12.2. The third-order valence-corrected chi connectivity index (χ3v) is 4.07. The maximum absolute atomic E-state index is 12.2. The molecule has 0 aromatic heterocycles. The highest BCUT2D eigenvalue weighted by Gasteiger charge is 2.29. The Hall–Kier alpha value is -1.26. The van der Waals surface area contributed by atoms with Crippen molar-refractivity contribution in [1.82, 2.24) is 10.2 Å². The standard InChI is InChI=1S/C14H26N2O3/c1-4-10(2)12(13(17)18)15-14(19)16-9-7-5-6-8-11(16)3/h10-12H,4-9H2,1-3H3,(H,15,19)(H,17,18)/t10-,11?,12-/m0/s1. The van der Waals surface area contributed by atoms with Crippen LogP contribution in [0.15, 0.2) is 0 Å². The molecular formula is C14H26N2O3. The molecule has 0 bridgehead atoms. The number of likely N-dealkylation sites (tertiary alicyclic amines) is 1. The van der Waals surface area contributed by atoms with Gasteiger partial charge in [0.15, 0.2) is 0 Å². The lowest BCUT2D eigenvalue weighted by molar-refractivity contribution is -0.140. The SMILES string of the molecule is CC[C@H](C)[C@H](NC(=O)N1CCCCCC1C)C(=O)O. The second kappa shape index (κ2) is 7.36. The zero-order chi connectivity index (χ0) is 14.4. The van der Waals surface area contributed by atoms with Gasteiger partial charge in [-0.15, -0.1) is 0 Å². The van der Waals surface area contributed by atoms with E-state index in [9.17, 15) is 14.7 Å². The molecule has 5 nitrogen and oxygen atoms in total. The Kier molecular flexibility index (Phi) is 6.12. The van der Waals surface area contributed by atoms with Crippen LogP contribution in [-0.2, 0) is 4.79 Å². The molecule has 1 unspecified atom stereocenters. The summed E-state index contributed by atoms with van der Waals surface area (Å²) in [6, 6.07) is -0.844. The van der Waals surface area contributed by atoms with Crippen molar-refractivity contribution >= 4 is 12.0 Å². The van der Waals surface area contributed by atoms with Crippen LogP contribution >= 0.6 is 0 Å². The van der Waals surface area contributed by atoms with E-state index in [2.05, 4.69) is 5.32 Å². The molecule has 0 aromatic rings. The average molecular weight is 270 g/mol. The first-order chi connectivity index (χ1) is 8.97. The van der Waals surface area contributed by atoms with Gasteiger partial charge >= 0.3 is 12.0 Å². The number of carboxylic acids is 1. The van der Waals surface area contributed by atoms with Gasteiger partial charge in [0.2, 0.25) is 0 Å². The topological polar surface area (TPSA) is 69.6 Å². The number of hydrogen-bond donors (Lipinski definition) is 2. The lowest BCUT2D eigenvalue weighted by Crippen LogP contribution is -2.52. The molecule has 19 heavy (non-hydrogen) atoms. The van der Waals surface area contributed by atoms with Crippen molar-refractivity contribution in [3.8, 4) is 0 Å². The van der Waals surface area contributed by atoms with Crippen molar-refractivity contribution in [2.45, 2.75) is 65.0 Å². The molecule has 0 spiro atoms. The Morgan fingerprint density at radius 3 is 2.63 bits per heavy atom. The Balaban J connectivity index is 2.67. The first-order valence-electron chi connectivity index (χ1n) is 7.27. The zero-order valence-corrected chi connectivity index (χ0v) is 12.2. The minimum absolute atomic E-state index is 0.0660. The molecule has 1 rings (SSSR count). The number of rotatable bonds is 4. The van der Waals surface area contributed by atoms with Crippen molar-refractivity contribution in [3.05, 3.63) is 0 Å². The summed E-state index contributed by atoms with van der Waals surface area (Å²) < 4.78 is 0. The van der Waals surface area contributed by atoms with Crippen LogP contribution < -0.4 is 5.32 Å². The zero-order valence-electron chi connectivity index (χ0n) is 12.2. The summed E-state index contributed by atoms with van der Waals surface area (Å²) in [4.78, 5) is 25.3. The third kappa shape index (κ3) is 4.40. The maximum Gasteiger partial charge on any atom is 0.326 e. The van der Waals surface area contributed by atoms with Gasteiger partial charge in [0.1, 0.15) is 6.04 Å². The summed E-state index contributed by atoms with van der Waals surface area (Å²) in [6.07, 6.45) is 5.00. The number of carbonyl (C=O) groups is 2. The number of carboxylic acid groups (broad SMARTS) is 1. The molecule has 2 N–H and O–H groups in total. The van der Waals surface area contributed by atoms with E-state index in [1.165, 1.54) is 0 Å². The quantitative estimate of drug-likeness (QED) is 0.824. The van der Waals surface area contributed by atoms with Crippen LogP contribution in [0.4, 0.5) is 4.79 Å². The fourth-order valence-electron chi connectivity index (χ4n) is 2.48. The number of aliphatic carboxylic acids is 1. The lowest BCUT2D eigenvalue weighted by Gasteiger charge is -2.30. The average Bonchev–Trinajstić information content (AvgIpc) is 2.59. The summed E-state index contributed by atoms with van der Waals surface area (Å²) in [5, 5.41) is 11.9. The Bertz CT molecular complexity index is 320. The molecule has 0 saturated carbocycles. The third-order valence-electron chi connectivity index (χ3n) is 4.07. The first kappa shape index (κ1) is 15.8. The van der Waals surface area contributed by atoms with Gasteiger partial charge in [-0.3, -0.25) is 0 Å². The van der Waals surface area contributed by atoms with E-state index in [-0.39, 0.29) is 18.0 Å². The normalized spacial score (nSPS) is 23.3. The van der Waals surface area contributed by atoms with E-state index in [4.69, 9.17) is 0 Å². The molecule has 3 atom stereocenters. The molecule has 2 amide bonds. The Labute approximate surface area is 115 Å². The summed E-state index contributed by atoms with van der Waals surface area (Å²) in [6.45, 7) is 6.54. The Morgan fingerprint density at radius 2 is 2.05 bits per heavy atom. The van der Waals surface area contributed by atoms with Crippen LogP contribution in [0.5, 0.6) is 0 Å². The van der Waals surface area contributed by atoms with Gasteiger partial charge in [-0.2, -0.15) is 0 Å². The van der Waals surface area contributed by atoms with Gasteiger partial charge in [0.25, 0.3) is 0 Å². The largest absolute Gasteiger partial charge is 0.480 e. The number of amides is 2. The van der Waals surface area contributed by atoms with Crippen molar-refractivity contribution in [2.75, 3.05) is 6.54 Å². The molecular weight excluding hydrogens is 244 g/mol. The second-order valence-electron chi connectivity index (χ2n) is 5.54. The highest BCUT2D eigenvalue weighted by molar-refractivity contribution is 5.83. The number of urea groups is 1. The predicted octanol–water partition coefficient (Wildman–Crippen LogP) is 2.46. The number of carbonyl (C=O) groups excluding carboxylic acids is 1. The monoisotopic (exact) mass is 270 g/mol. The van der Waals surface area contributed by atoms with E-state index in [0.717, 1.165) is 38.6 Å². The van der Waals surface area contributed by atoms with Crippen LogP contribution in [-0.4, -0.2) is 40.6 Å². The van der Waals surface area contributed by atoms with Crippen molar-refractivity contribution in [3.63, 3.8) is 0 Å². The molecule has 1 saturated heterocycles. The van der Waals surface area contributed by atoms with Gasteiger partial charge in [0.05, 0.1) is 0 Å². The van der Waals surface area contributed by atoms with Crippen molar-refractivity contribution in [2.24, 2.45) is 5.92 Å². The molecule has 0 aromatic carbocycles. The minimum atomic E-state index is -0.954. The highest BCUT2D eigenvalue weighted by atomic mass is 16.4. The number of nitrogens with zero attached hydrogens (tertiary/aromatic N) is 1. The molecule has 110 valence electrons. The van der Waals surface area contributed by atoms with E-state index in [0.29, 0.717) is 0 Å². The summed E-state index contributed by atoms with van der Waals surface area (Å²) in [5.74, 6) is -1.02. The van der Waals surface area contributed by atoms with E-state index in [1.807, 2.05) is 20.8 Å². The van der Waals surface area contributed by atoms with Crippen LogP contribution in [0, 0.1) is 5.92 Å².